The fourth-order valence-electron chi connectivity index (χ4n) is 2.97. The summed E-state index contributed by atoms with van der Waals surface area (Å²) in [6.07, 6.45) is 2.07. The Kier molecular flexibility index (Phi) is 6.96. The average Bonchev–Trinajstić information content (AvgIpc) is 3.22. The van der Waals surface area contributed by atoms with E-state index in [1.807, 2.05) is 60.7 Å². The van der Waals surface area contributed by atoms with Crippen LogP contribution in [-0.4, -0.2) is 44.3 Å². The van der Waals surface area contributed by atoms with E-state index in [1.165, 1.54) is 0 Å². The molecular weight excluding hydrogens is 344 g/mol. The molecule has 6 heteroatoms. The summed E-state index contributed by atoms with van der Waals surface area (Å²) in [6.45, 7) is 0.893. The molecule has 0 bridgehead atoms. The second kappa shape index (κ2) is 9.85. The Morgan fingerprint density at radius 3 is 2.19 bits per heavy atom. The van der Waals surface area contributed by atoms with Gasteiger partial charge in [0.2, 0.25) is 5.91 Å². The first kappa shape index (κ1) is 19.1. The lowest BCUT2D eigenvalue weighted by atomic mass is 10.2. The molecule has 0 aromatic heterocycles. The van der Waals surface area contributed by atoms with Crippen molar-refractivity contribution in [2.75, 3.05) is 31.3 Å². The predicted molar refractivity (Wildman–Crippen MR) is 103 cm³/mol. The summed E-state index contributed by atoms with van der Waals surface area (Å²) in [5, 5.41) is 2.78. The molecule has 1 atom stereocenters. The third-order valence-corrected chi connectivity index (χ3v) is 4.29. The molecule has 0 spiro atoms. The van der Waals surface area contributed by atoms with Crippen molar-refractivity contribution in [1.29, 1.82) is 0 Å². The number of hydrogen-bond acceptors (Lipinski definition) is 4. The van der Waals surface area contributed by atoms with Crippen LogP contribution < -0.4 is 10.2 Å². The number of hydrogen-bond donors (Lipinski definition) is 1. The van der Waals surface area contributed by atoms with Gasteiger partial charge in [-0.3, -0.25) is 14.5 Å². The summed E-state index contributed by atoms with van der Waals surface area (Å²) in [5.41, 5.74) is 1.50. The molecule has 2 aromatic rings. The second-order valence-corrected chi connectivity index (χ2v) is 6.33. The SMILES string of the molecule is O=C(COCC(=O)N(c1ccccc1)c1ccccc1)NCC1CCCO1. The molecule has 3 rings (SSSR count). The molecule has 27 heavy (non-hydrogen) atoms. The highest BCUT2D eigenvalue weighted by molar-refractivity contribution is 6.01. The molecule has 1 N–H and O–H groups in total. The molecule has 1 fully saturated rings. The number of amides is 2. The summed E-state index contributed by atoms with van der Waals surface area (Å²) < 4.78 is 10.8. The van der Waals surface area contributed by atoms with E-state index < -0.39 is 0 Å². The first-order chi connectivity index (χ1) is 13.2. The fourth-order valence-corrected chi connectivity index (χ4v) is 2.97. The van der Waals surface area contributed by atoms with Gasteiger partial charge in [0.25, 0.3) is 5.91 Å². The molecule has 0 aliphatic carbocycles. The molecule has 1 unspecified atom stereocenters. The van der Waals surface area contributed by atoms with Gasteiger partial charge in [0, 0.05) is 24.5 Å². The quantitative estimate of drug-likeness (QED) is 0.778. The van der Waals surface area contributed by atoms with Crippen LogP contribution in [0.15, 0.2) is 60.7 Å². The predicted octanol–water partition coefficient (Wildman–Crippen LogP) is 2.66. The monoisotopic (exact) mass is 368 g/mol. The van der Waals surface area contributed by atoms with E-state index in [2.05, 4.69) is 5.32 Å². The number of benzene rings is 2. The third-order valence-electron chi connectivity index (χ3n) is 4.29. The number of nitrogens with one attached hydrogen (secondary N) is 1. The number of carbonyl (C=O) groups excluding carboxylic acids is 2. The highest BCUT2D eigenvalue weighted by atomic mass is 16.5. The molecule has 1 heterocycles. The van der Waals surface area contributed by atoms with Gasteiger partial charge in [-0.2, -0.15) is 0 Å². The molecule has 6 nitrogen and oxygen atoms in total. The minimum Gasteiger partial charge on any atom is -0.376 e. The molecule has 2 aromatic carbocycles. The fraction of sp³-hybridized carbons (Fsp3) is 0.333. The van der Waals surface area contributed by atoms with Crippen molar-refractivity contribution >= 4 is 23.2 Å². The van der Waals surface area contributed by atoms with Crippen molar-refractivity contribution in [3.05, 3.63) is 60.7 Å². The first-order valence-corrected chi connectivity index (χ1v) is 9.13. The Morgan fingerprint density at radius 1 is 1.00 bits per heavy atom. The van der Waals surface area contributed by atoms with Crippen LogP contribution in [0.2, 0.25) is 0 Å². The normalized spacial score (nSPS) is 16.1. The lowest BCUT2D eigenvalue weighted by Crippen LogP contribution is -2.36. The minimum atomic E-state index is -0.246. The van der Waals surface area contributed by atoms with Crippen molar-refractivity contribution in [3.8, 4) is 0 Å². The number of ether oxygens (including phenoxy) is 2. The summed E-state index contributed by atoms with van der Waals surface area (Å²) in [6, 6.07) is 18.7. The van der Waals surface area contributed by atoms with Crippen LogP contribution >= 0.6 is 0 Å². The molecular formula is C21H24N2O4. The highest BCUT2D eigenvalue weighted by Crippen LogP contribution is 2.25. The lowest BCUT2D eigenvalue weighted by molar-refractivity contribution is -0.129. The molecule has 0 radical (unpaired) electrons. The van der Waals surface area contributed by atoms with Gasteiger partial charge in [-0.25, -0.2) is 0 Å². The Labute approximate surface area is 159 Å². The number of nitrogens with zero attached hydrogens (tertiary/aromatic N) is 1. The molecule has 1 saturated heterocycles. The Bertz CT molecular complexity index is 691. The Hall–Kier alpha value is -2.70. The van der Waals surface area contributed by atoms with E-state index in [9.17, 15) is 9.59 Å². The van der Waals surface area contributed by atoms with Gasteiger partial charge in [-0.1, -0.05) is 36.4 Å². The zero-order valence-corrected chi connectivity index (χ0v) is 15.2. The number of anilines is 2. The van der Waals surface area contributed by atoms with Gasteiger partial charge in [-0.15, -0.1) is 0 Å². The van der Waals surface area contributed by atoms with Gasteiger partial charge in [-0.05, 0) is 37.1 Å². The smallest absolute Gasteiger partial charge is 0.257 e. The Balaban J connectivity index is 1.53. The van der Waals surface area contributed by atoms with Crippen molar-refractivity contribution in [2.24, 2.45) is 0 Å². The maximum absolute atomic E-state index is 12.7. The molecule has 1 aliphatic rings. The van der Waals surface area contributed by atoms with E-state index in [-0.39, 0.29) is 31.1 Å². The molecule has 2 amide bonds. The number of rotatable bonds is 8. The summed E-state index contributed by atoms with van der Waals surface area (Å²) in [7, 11) is 0. The van der Waals surface area contributed by atoms with Gasteiger partial charge in [0.1, 0.15) is 13.2 Å². The maximum Gasteiger partial charge on any atom is 0.257 e. The van der Waals surface area contributed by atoms with Crippen molar-refractivity contribution in [3.63, 3.8) is 0 Å². The maximum atomic E-state index is 12.7. The molecule has 0 saturated carbocycles. The van der Waals surface area contributed by atoms with Crippen LogP contribution in [0.5, 0.6) is 0 Å². The van der Waals surface area contributed by atoms with Gasteiger partial charge >= 0.3 is 0 Å². The summed E-state index contributed by atoms with van der Waals surface area (Å²) >= 11 is 0. The van der Waals surface area contributed by atoms with E-state index in [1.54, 1.807) is 4.90 Å². The van der Waals surface area contributed by atoms with Crippen LogP contribution in [0.1, 0.15) is 12.8 Å². The number of para-hydroxylation sites is 2. The summed E-state index contributed by atoms with van der Waals surface area (Å²) in [5.74, 6) is -0.483. The third kappa shape index (κ3) is 5.64. The zero-order chi connectivity index (χ0) is 18.9. The van der Waals surface area contributed by atoms with E-state index in [4.69, 9.17) is 9.47 Å². The number of carbonyl (C=O) groups is 2. The topological polar surface area (TPSA) is 67.9 Å². The van der Waals surface area contributed by atoms with Crippen molar-refractivity contribution < 1.29 is 19.1 Å². The van der Waals surface area contributed by atoms with Crippen LogP contribution in [0.25, 0.3) is 0 Å². The largest absolute Gasteiger partial charge is 0.376 e. The lowest BCUT2D eigenvalue weighted by Gasteiger charge is -2.23. The van der Waals surface area contributed by atoms with Crippen LogP contribution in [-0.2, 0) is 19.1 Å². The van der Waals surface area contributed by atoms with Crippen molar-refractivity contribution in [1.82, 2.24) is 5.32 Å². The minimum absolute atomic E-state index is 0.0854. The van der Waals surface area contributed by atoms with Crippen LogP contribution in [0, 0.1) is 0 Å². The zero-order valence-electron chi connectivity index (χ0n) is 15.2. The Morgan fingerprint density at radius 2 is 1.63 bits per heavy atom. The van der Waals surface area contributed by atoms with E-state index in [0.29, 0.717) is 6.54 Å². The van der Waals surface area contributed by atoms with Gasteiger partial charge in [0.15, 0.2) is 0 Å². The van der Waals surface area contributed by atoms with E-state index >= 15 is 0 Å². The highest BCUT2D eigenvalue weighted by Gasteiger charge is 2.19. The first-order valence-electron chi connectivity index (χ1n) is 9.13. The van der Waals surface area contributed by atoms with Gasteiger partial charge < -0.3 is 14.8 Å². The van der Waals surface area contributed by atoms with Crippen molar-refractivity contribution in [2.45, 2.75) is 18.9 Å². The average molecular weight is 368 g/mol. The van der Waals surface area contributed by atoms with E-state index in [0.717, 1.165) is 30.8 Å². The van der Waals surface area contributed by atoms with Crippen LogP contribution in [0.3, 0.4) is 0 Å². The second-order valence-electron chi connectivity index (χ2n) is 6.33. The van der Waals surface area contributed by atoms with Gasteiger partial charge in [0.05, 0.1) is 6.10 Å². The molecule has 142 valence electrons. The standard InChI is InChI=1S/C21H24N2O4/c24-20(22-14-19-12-7-13-27-19)15-26-16-21(25)23(17-8-3-1-4-9-17)18-10-5-2-6-11-18/h1-6,8-11,19H,7,12-16H2,(H,22,24). The molecule has 1 aliphatic heterocycles. The van der Waals surface area contributed by atoms with Crippen LogP contribution in [0.4, 0.5) is 11.4 Å². The summed E-state index contributed by atoms with van der Waals surface area (Å²) in [4.78, 5) is 26.2.